The van der Waals surface area contributed by atoms with Crippen LogP contribution in [0.4, 0.5) is 11.8 Å². The van der Waals surface area contributed by atoms with Crippen molar-refractivity contribution >= 4 is 17.7 Å². The number of carbonyl (C=O) groups is 1. The molecule has 0 radical (unpaired) electrons. The molecular weight excluding hydrogens is 290 g/mol. The van der Waals surface area contributed by atoms with Crippen LogP contribution in [0.25, 0.3) is 0 Å². The third-order valence-corrected chi connectivity index (χ3v) is 5.00. The van der Waals surface area contributed by atoms with E-state index in [0.717, 1.165) is 44.6 Å². The number of rotatable bonds is 5. The number of aromatic nitrogens is 2. The van der Waals surface area contributed by atoms with Crippen LogP contribution in [0.15, 0.2) is 12.3 Å². The Hall–Kier alpha value is -1.85. The summed E-state index contributed by atoms with van der Waals surface area (Å²) in [6.45, 7) is 1.92. The van der Waals surface area contributed by atoms with Crippen LogP contribution in [0.5, 0.6) is 0 Å². The maximum atomic E-state index is 12.1. The van der Waals surface area contributed by atoms with Gasteiger partial charge in [0.25, 0.3) is 0 Å². The predicted molar refractivity (Wildman–Crippen MR) is 91.5 cm³/mol. The van der Waals surface area contributed by atoms with Gasteiger partial charge >= 0.3 is 0 Å². The predicted octanol–water partition coefficient (Wildman–Crippen LogP) is 2.18. The Kier molecular flexibility index (Phi) is 5.31. The first-order valence-electron chi connectivity index (χ1n) is 8.79. The van der Waals surface area contributed by atoms with E-state index in [1.54, 1.807) is 6.20 Å². The molecule has 1 saturated heterocycles. The first kappa shape index (κ1) is 16.0. The average Bonchev–Trinajstić information content (AvgIpc) is 3.08. The lowest BCUT2D eigenvalue weighted by Crippen LogP contribution is -2.38. The van der Waals surface area contributed by atoms with Crippen LogP contribution in [0.2, 0.25) is 0 Å². The molecule has 0 unspecified atom stereocenters. The summed E-state index contributed by atoms with van der Waals surface area (Å²) >= 11 is 0. The number of nitrogens with zero attached hydrogens (tertiary/aromatic N) is 3. The van der Waals surface area contributed by atoms with Crippen molar-refractivity contribution < 1.29 is 4.79 Å². The summed E-state index contributed by atoms with van der Waals surface area (Å²) in [5, 5.41) is 6.18. The molecule has 126 valence electrons. The van der Waals surface area contributed by atoms with E-state index in [9.17, 15) is 4.79 Å². The lowest BCUT2D eigenvalue weighted by molar-refractivity contribution is -0.122. The molecule has 1 saturated carbocycles. The zero-order chi connectivity index (χ0) is 16.1. The third kappa shape index (κ3) is 4.33. The molecule has 2 N–H and O–H groups in total. The van der Waals surface area contributed by atoms with Crippen LogP contribution in [0.1, 0.15) is 44.9 Å². The minimum Gasteiger partial charge on any atom is -0.357 e. The van der Waals surface area contributed by atoms with Crippen molar-refractivity contribution in [3.8, 4) is 0 Å². The van der Waals surface area contributed by atoms with E-state index in [-0.39, 0.29) is 5.91 Å². The summed E-state index contributed by atoms with van der Waals surface area (Å²) < 4.78 is 0. The molecular formula is C17H27N5O. The van der Waals surface area contributed by atoms with E-state index in [4.69, 9.17) is 0 Å². The molecule has 1 aromatic heterocycles. The average molecular weight is 317 g/mol. The molecule has 3 rings (SSSR count). The third-order valence-electron chi connectivity index (χ3n) is 5.00. The van der Waals surface area contributed by atoms with Gasteiger partial charge in [0.1, 0.15) is 5.82 Å². The van der Waals surface area contributed by atoms with Gasteiger partial charge in [-0.25, -0.2) is 4.98 Å². The number of hydrogen-bond acceptors (Lipinski definition) is 5. The maximum Gasteiger partial charge on any atom is 0.224 e. The van der Waals surface area contributed by atoms with Crippen LogP contribution >= 0.6 is 0 Å². The second kappa shape index (κ2) is 7.62. The van der Waals surface area contributed by atoms with Crippen molar-refractivity contribution in [2.45, 2.75) is 51.0 Å². The fraction of sp³-hybridized carbons (Fsp3) is 0.706. The molecule has 0 bridgehead atoms. The first-order chi connectivity index (χ1) is 11.2. The summed E-state index contributed by atoms with van der Waals surface area (Å²) in [6.07, 6.45) is 9.41. The summed E-state index contributed by atoms with van der Waals surface area (Å²) in [5.41, 5.74) is 0. The van der Waals surface area contributed by atoms with Gasteiger partial charge in [-0.05, 0) is 37.7 Å². The topological polar surface area (TPSA) is 70.2 Å². The number of nitrogens with one attached hydrogen (secondary N) is 2. The van der Waals surface area contributed by atoms with Gasteiger partial charge in [0.2, 0.25) is 11.9 Å². The Morgan fingerprint density at radius 3 is 2.70 bits per heavy atom. The van der Waals surface area contributed by atoms with Gasteiger partial charge in [-0.15, -0.1) is 0 Å². The second-order valence-corrected chi connectivity index (χ2v) is 6.67. The Labute approximate surface area is 138 Å². The molecule has 1 aliphatic carbocycles. The van der Waals surface area contributed by atoms with Gasteiger partial charge in [-0.2, -0.15) is 4.98 Å². The van der Waals surface area contributed by atoms with Gasteiger partial charge in [0.15, 0.2) is 0 Å². The van der Waals surface area contributed by atoms with E-state index in [2.05, 4.69) is 25.5 Å². The van der Waals surface area contributed by atoms with Gasteiger partial charge in [-0.1, -0.05) is 12.8 Å². The standard InChI is InChI=1S/C17H27N5O/c1-18-17-19-9-6-15(21-17)22-10-7-13(8-11-22)12-16(23)20-14-4-2-3-5-14/h6,9,13-14H,2-5,7-8,10-12H2,1H3,(H,20,23)(H,18,19,21). The van der Waals surface area contributed by atoms with Crippen LogP contribution < -0.4 is 15.5 Å². The fourth-order valence-corrected chi connectivity index (χ4v) is 3.63. The largest absolute Gasteiger partial charge is 0.357 e. The Morgan fingerprint density at radius 2 is 2.00 bits per heavy atom. The zero-order valence-corrected chi connectivity index (χ0v) is 13.9. The molecule has 0 aromatic carbocycles. The molecule has 23 heavy (non-hydrogen) atoms. The molecule has 2 aliphatic rings. The normalized spacial score (nSPS) is 19.8. The van der Waals surface area contributed by atoms with Crippen molar-refractivity contribution in [2.75, 3.05) is 30.4 Å². The first-order valence-corrected chi connectivity index (χ1v) is 8.79. The molecule has 6 nitrogen and oxygen atoms in total. The Morgan fingerprint density at radius 1 is 1.26 bits per heavy atom. The number of anilines is 2. The number of amides is 1. The zero-order valence-electron chi connectivity index (χ0n) is 13.9. The number of hydrogen-bond donors (Lipinski definition) is 2. The van der Waals surface area contributed by atoms with E-state index in [0.29, 0.717) is 24.3 Å². The molecule has 0 spiro atoms. The van der Waals surface area contributed by atoms with Crippen LogP contribution in [-0.2, 0) is 4.79 Å². The van der Waals surface area contributed by atoms with Crippen LogP contribution in [-0.4, -0.2) is 42.1 Å². The smallest absolute Gasteiger partial charge is 0.224 e. The van der Waals surface area contributed by atoms with Crippen LogP contribution in [0, 0.1) is 5.92 Å². The van der Waals surface area contributed by atoms with E-state index < -0.39 is 0 Å². The summed E-state index contributed by atoms with van der Waals surface area (Å²) in [4.78, 5) is 23.1. The molecule has 1 aromatic rings. The van der Waals surface area contributed by atoms with Gasteiger partial charge in [0.05, 0.1) is 0 Å². The van der Waals surface area contributed by atoms with E-state index in [1.807, 2.05) is 13.1 Å². The molecule has 1 amide bonds. The van der Waals surface area contributed by atoms with Crippen molar-refractivity contribution in [3.63, 3.8) is 0 Å². The molecule has 2 heterocycles. The summed E-state index contributed by atoms with van der Waals surface area (Å²) in [7, 11) is 1.83. The Bertz CT molecular complexity index is 521. The molecule has 1 aliphatic heterocycles. The highest BCUT2D eigenvalue weighted by molar-refractivity contribution is 5.76. The number of carbonyl (C=O) groups excluding carboxylic acids is 1. The molecule has 6 heteroatoms. The minimum atomic E-state index is 0.245. The fourth-order valence-electron chi connectivity index (χ4n) is 3.63. The highest BCUT2D eigenvalue weighted by Crippen LogP contribution is 2.25. The van der Waals surface area contributed by atoms with Crippen molar-refractivity contribution in [1.82, 2.24) is 15.3 Å². The van der Waals surface area contributed by atoms with Gasteiger partial charge in [0, 0.05) is 38.8 Å². The van der Waals surface area contributed by atoms with E-state index >= 15 is 0 Å². The SMILES string of the molecule is CNc1nccc(N2CCC(CC(=O)NC3CCCC3)CC2)n1. The monoisotopic (exact) mass is 317 g/mol. The Balaban J connectivity index is 1.45. The molecule has 2 fully saturated rings. The highest BCUT2D eigenvalue weighted by atomic mass is 16.1. The van der Waals surface area contributed by atoms with Gasteiger partial charge in [-0.3, -0.25) is 4.79 Å². The van der Waals surface area contributed by atoms with Crippen molar-refractivity contribution in [2.24, 2.45) is 5.92 Å². The van der Waals surface area contributed by atoms with E-state index in [1.165, 1.54) is 12.8 Å². The summed E-state index contributed by atoms with van der Waals surface area (Å²) in [6, 6.07) is 2.39. The lowest BCUT2D eigenvalue weighted by atomic mass is 9.93. The van der Waals surface area contributed by atoms with Crippen molar-refractivity contribution in [3.05, 3.63) is 12.3 Å². The van der Waals surface area contributed by atoms with Crippen molar-refractivity contribution in [1.29, 1.82) is 0 Å². The minimum absolute atomic E-state index is 0.245. The quantitative estimate of drug-likeness (QED) is 0.871. The molecule has 0 atom stereocenters. The van der Waals surface area contributed by atoms with Gasteiger partial charge < -0.3 is 15.5 Å². The maximum absolute atomic E-state index is 12.1. The number of piperidine rings is 1. The van der Waals surface area contributed by atoms with Crippen LogP contribution in [0.3, 0.4) is 0 Å². The summed E-state index contributed by atoms with van der Waals surface area (Å²) in [5.74, 6) is 2.37. The highest BCUT2D eigenvalue weighted by Gasteiger charge is 2.24. The lowest BCUT2D eigenvalue weighted by Gasteiger charge is -2.32. The second-order valence-electron chi connectivity index (χ2n) is 6.67.